The SMILES string of the molecule is O=C1CCc2nc(-c3ccc(Cl)cc3)ncc21. The number of fused-ring (bicyclic) bond motifs is 1. The first-order chi connectivity index (χ1) is 8.24. The number of rotatable bonds is 1. The second kappa shape index (κ2) is 3.93. The van der Waals surface area contributed by atoms with Crippen molar-refractivity contribution in [1.82, 2.24) is 9.97 Å². The third kappa shape index (κ3) is 1.83. The summed E-state index contributed by atoms with van der Waals surface area (Å²) in [5.41, 5.74) is 2.44. The molecular formula is C13H9ClN2O. The molecule has 0 spiro atoms. The standard InChI is InChI=1S/C13H9ClN2O/c14-9-3-1-8(2-4-9)13-15-7-10-11(16-13)5-6-12(10)17/h1-4,7H,5-6H2. The van der Waals surface area contributed by atoms with E-state index in [0.717, 1.165) is 17.7 Å². The van der Waals surface area contributed by atoms with Gasteiger partial charge in [-0.25, -0.2) is 9.97 Å². The van der Waals surface area contributed by atoms with Gasteiger partial charge in [-0.15, -0.1) is 0 Å². The molecule has 1 aromatic heterocycles. The first kappa shape index (κ1) is 10.4. The molecule has 0 fully saturated rings. The van der Waals surface area contributed by atoms with Crippen molar-refractivity contribution in [1.29, 1.82) is 0 Å². The van der Waals surface area contributed by atoms with Crippen molar-refractivity contribution in [3.05, 3.63) is 46.7 Å². The lowest BCUT2D eigenvalue weighted by molar-refractivity contribution is 0.0994. The maximum Gasteiger partial charge on any atom is 0.166 e. The van der Waals surface area contributed by atoms with E-state index in [-0.39, 0.29) is 5.78 Å². The molecule has 1 aliphatic rings. The number of nitrogens with zero attached hydrogens (tertiary/aromatic N) is 2. The molecule has 0 bridgehead atoms. The van der Waals surface area contributed by atoms with Crippen LogP contribution in [-0.2, 0) is 6.42 Å². The first-order valence-corrected chi connectivity index (χ1v) is 5.77. The number of carbonyl (C=O) groups is 1. The fourth-order valence-electron chi connectivity index (χ4n) is 1.95. The van der Waals surface area contributed by atoms with E-state index in [1.165, 1.54) is 0 Å². The topological polar surface area (TPSA) is 42.9 Å². The number of Topliss-reactive ketones (excluding diaryl/α,β-unsaturated/α-hetero) is 1. The average Bonchev–Trinajstić information content (AvgIpc) is 2.72. The molecule has 0 atom stereocenters. The van der Waals surface area contributed by atoms with Crippen LogP contribution in [0.3, 0.4) is 0 Å². The van der Waals surface area contributed by atoms with Crippen LogP contribution in [0.1, 0.15) is 22.5 Å². The largest absolute Gasteiger partial charge is 0.294 e. The van der Waals surface area contributed by atoms with Gasteiger partial charge >= 0.3 is 0 Å². The number of hydrogen-bond acceptors (Lipinski definition) is 3. The highest BCUT2D eigenvalue weighted by Gasteiger charge is 2.21. The quantitative estimate of drug-likeness (QED) is 0.775. The van der Waals surface area contributed by atoms with E-state index in [1.807, 2.05) is 12.1 Å². The highest BCUT2D eigenvalue weighted by Crippen LogP contribution is 2.23. The summed E-state index contributed by atoms with van der Waals surface area (Å²) in [5.74, 6) is 0.790. The minimum atomic E-state index is 0.141. The van der Waals surface area contributed by atoms with Gasteiger partial charge in [-0.1, -0.05) is 11.6 Å². The smallest absolute Gasteiger partial charge is 0.166 e. The van der Waals surface area contributed by atoms with E-state index < -0.39 is 0 Å². The van der Waals surface area contributed by atoms with Crippen LogP contribution < -0.4 is 0 Å². The predicted molar refractivity (Wildman–Crippen MR) is 65.1 cm³/mol. The Morgan fingerprint density at radius 3 is 2.65 bits per heavy atom. The van der Waals surface area contributed by atoms with E-state index in [1.54, 1.807) is 18.3 Å². The summed E-state index contributed by atoms with van der Waals surface area (Å²) in [6.07, 6.45) is 2.90. The van der Waals surface area contributed by atoms with Crippen molar-refractivity contribution in [3.8, 4) is 11.4 Å². The molecule has 84 valence electrons. The molecule has 3 rings (SSSR count). The van der Waals surface area contributed by atoms with Crippen LogP contribution in [-0.4, -0.2) is 15.8 Å². The van der Waals surface area contributed by atoms with E-state index >= 15 is 0 Å². The van der Waals surface area contributed by atoms with Crippen LogP contribution in [0.4, 0.5) is 0 Å². The molecule has 0 radical (unpaired) electrons. The maximum atomic E-state index is 11.5. The van der Waals surface area contributed by atoms with E-state index in [9.17, 15) is 4.79 Å². The van der Waals surface area contributed by atoms with Crippen LogP contribution in [0.2, 0.25) is 5.02 Å². The van der Waals surface area contributed by atoms with Gasteiger partial charge in [-0.2, -0.15) is 0 Å². The average molecular weight is 245 g/mol. The lowest BCUT2D eigenvalue weighted by atomic mass is 10.2. The van der Waals surface area contributed by atoms with Crippen LogP contribution in [0.25, 0.3) is 11.4 Å². The van der Waals surface area contributed by atoms with Crippen LogP contribution in [0.15, 0.2) is 30.5 Å². The Balaban J connectivity index is 2.05. The monoisotopic (exact) mass is 244 g/mol. The van der Waals surface area contributed by atoms with Crippen LogP contribution >= 0.6 is 11.6 Å². The Labute approximate surface area is 103 Å². The van der Waals surface area contributed by atoms with Gasteiger partial charge in [-0.05, 0) is 30.7 Å². The van der Waals surface area contributed by atoms with Gasteiger partial charge in [-0.3, -0.25) is 4.79 Å². The second-order valence-corrected chi connectivity index (χ2v) is 4.42. The number of carbonyl (C=O) groups excluding carboxylic acids is 1. The minimum Gasteiger partial charge on any atom is -0.294 e. The van der Waals surface area contributed by atoms with Crippen LogP contribution in [0, 0.1) is 0 Å². The van der Waals surface area contributed by atoms with Crippen molar-refractivity contribution in [2.45, 2.75) is 12.8 Å². The number of aromatic nitrogens is 2. The first-order valence-electron chi connectivity index (χ1n) is 5.39. The number of hydrogen-bond donors (Lipinski definition) is 0. The third-order valence-corrected chi connectivity index (χ3v) is 3.11. The Bertz CT molecular complexity index is 593. The molecule has 0 aliphatic heterocycles. The summed E-state index contributed by atoms with van der Waals surface area (Å²) in [6.45, 7) is 0. The van der Waals surface area contributed by atoms with E-state index in [2.05, 4.69) is 9.97 Å². The van der Waals surface area contributed by atoms with Crippen molar-refractivity contribution in [2.75, 3.05) is 0 Å². The molecule has 1 aliphatic carbocycles. The molecule has 0 saturated carbocycles. The van der Waals surface area contributed by atoms with Gasteiger partial charge in [0, 0.05) is 23.2 Å². The van der Waals surface area contributed by atoms with Gasteiger partial charge in [0.25, 0.3) is 0 Å². The zero-order chi connectivity index (χ0) is 11.8. The summed E-state index contributed by atoms with van der Waals surface area (Å²) in [5, 5.41) is 0.685. The highest BCUT2D eigenvalue weighted by atomic mass is 35.5. The zero-order valence-electron chi connectivity index (χ0n) is 8.98. The molecule has 1 heterocycles. The summed E-state index contributed by atoms with van der Waals surface area (Å²) in [7, 11) is 0. The summed E-state index contributed by atoms with van der Waals surface area (Å²) < 4.78 is 0. The fraction of sp³-hybridized carbons (Fsp3) is 0.154. The maximum absolute atomic E-state index is 11.5. The fourth-order valence-corrected chi connectivity index (χ4v) is 2.07. The van der Waals surface area contributed by atoms with Gasteiger partial charge in [0.1, 0.15) is 0 Å². The molecule has 2 aromatic rings. The zero-order valence-corrected chi connectivity index (χ0v) is 9.74. The summed E-state index contributed by atoms with van der Waals surface area (Å²) >= 11 is 5.83. The Kier molecular flexibility index (Phi) is 2.41. The number of aryl methyl sites for hydroxylation is 1. The molecular weight excluding hydrogens is 236 g/mol. The van der Waals surface area contributed by atoms with Crippen molar-refractivity contribution in [2.24, 2.45) is 0 Å². The normalized spacial score (nSPS) is 13.8. The number of halogens is 1. The molecule has 4 heteroatoms. The minimum absolute atomic E-state index is 0.141. The van der Waals surface area contributed by atoms with Gasteiger partial charge < -0.3 is 0 Å². The molecule has 0 unspecified atom stereocenters. The van der Waals surface area contributed by atoms with Gasteiger partial charge in [0.05, 0.1) is 11.3 Å². The summed E-state index contributed by atoms with van der Waals surface area (Å²) in [4.78, 5) is 20.1. The van der Waals surface area contributed by atoms with Crippen LogP contribution in [0.5, 0.6) is 0 Å². The molecule has 0 N–H and O–H groups in total. The molecule has 0 saturated heterocycles. The predicted octanol–water partition coefficient (Wildman–Crippen LogP) is 2.93. The summed E-state index contributed by atoms with van der Waals surface area (Å²) in [6, 6.07) is 7.36. The van der Waals surface area contributed by atoms with Gasteiger partial charge in [0.2, 0.25) is 0 Å². The van der Waals surface area contributed by atoms with E-state index in [0.29, 0.717) is 22.8 Å². The highest BCUT2D eigenvalue weighted by molar-refractivity contribution is 6.30. The Morgan fingerprint density at radius 2 is 1.88 bits per heavy atom. The van der Waals surface area contributed by atoms with Crippen molar-refractivity contribution in [3.63, 3.8) is 0 Å². The Hall–Kier alpha value is -1.74. The van der Waals surface area contributed by atoms with Crippen molar-refractivity contribution < 1.29 is 4.79 Å². The van der Waals surface area contributed by atoms with Crippen molar-refractivity contribution >= 4 is 17.4 Å². The second-order valence-electron chi connectivity index (χ2n) is 3.98. The lowest BCUT2D eigenvalue weighted by Crippen LogP contribution is -1.97. The lowest BCUT2D eigenvalue weighted by Gasteiger charge is -2.02. The van der Waals surface area contributed by atoms with Gasteiger partial charge in [0.15, 0.2) is 11.6 Å². The Morgan fingerprint density at radius 1 is 1.12 bits per heavy atom. The number of benzene rings is 1. The molecule has 1 aromatic carbocycles. The van der Waals surface area contributed by atoms with E-state index in [4.69, 9.17) is 11.6 Å². The number of ketones is 1. The molecule has 3 nitrogen and oxygen atoms in total. The third-order valence-electron chi connectivity index (χ3n) is 2.86. The molecule has 0 amide bonds. The molecule has 17 heavy (non-hydrogen) atoms.